The van der Waals surface area contributed by atoms with Crippen molar-refractivity contribution in [2.24, 2.45) is 0 Å². The average molecular weight is 209 g/mol. The van der Waals surface area contributed by atoms with Gasteiger partial charge >= 0.3 is 0 Å². The van der Waals surface area contributed by atoms with E-state index in [1.165, 1.54) is 18.5 Å². The van der Waals surface area contributed by atoms with Crippen LogP contribution in [0.3, 0.4) is 0 Å². The third-order valence-corrected chi connectivity index (χ3v) is 2.99. The number of aryl methyl sites for hydroxylation is 2. The van der Waals surface area contributed by atoms with E-state index in [0.29, 0.717) is 0 Å². The van der Waals surface area contributed by atoms with Gasteiger partial charge in [-0.3, -0.25) is 4.90 Å². The zero-order valence-corrected chi connectivity index (χ0v) is 9.37. The number of furan rings is 1. The van der Waals surface area contributed by atoms with Gasteiger partial charge in [-0.05, 0) is 37.9 Å². The van der Waals surface area contributed by atoms with Gasteiger partial charge in [-0.15, -0.1) is 0 Å². The molecule has 0 saturated carbocycles. The molecule has 1 aromatic rings. The summed E-state index contributed by atoms with van der Waals surface area (Å²) in [4.78, 5) is 2.47. The van der Waals surface area contributed by atoms with Crippen molar-refractivity contribution < 1.29 is 9.15 Å². The van der Waals surface area contributed by atoms with Crippen molar-refractivity contribution in [3.63, 3.8) is 0 Å². The fourth-order valence-electron chi connectivity index (χ4n) is 1.99. The lowest BCUT2D eigenvalue weighted by molar-refractivity contribution is 0.0374. The summed E-state index contributed by atoms with van der Waals surface area (Å²) in [5.74, 6) is 1.07. The Labute approximate surface area is 91.0 Å². The van der Waals surface area contributed by atoms with Crippen LogP contribution in [-0.4, -0.2) is 37.7 Å². The summed E-state index contributed by atoms with van der Waals surface area (Å²) in [7, 11) is 0. The van der Waals surface area contributed by atoms with Gasteiger partial charge in [0.15, 0.2) is 0 Å². The van der Waals surface area contributed by atoms with Crippen molar-refractivity contribution in [1.29, 1.82) is 0 Å². The molecule has 0 aliphatic carbocycles. The average Bonchev–Trinajstić information content (AvgIpc) is 2.66. The van der Waals surface area contributed by atoms with Gasteiger partial charge in [-0.25, -0.2) is 0 Å². The Morgan fingerprint density at radius 3 is 2.80 bits per heavy atom. The molecule has 15 heavy (non-hydrogen) atoms. The van der Waals surface area contributed by atoms with Crippen LogP contribution < -0.4 is 0 Å². The molecule has 1 aromatic heterocycles. The van der Waals surface area contributed by atoms with E-state index in [1.807, 2.05) is 6.92 Å². The Kier molecular flexibility index (Phi) is 3.80. The number of morpholine rings is 1. The third-order valence-electron chi connectivity index (χ3n) is 2.99. The molecule has 84 valence electrons. The number of nitrogens with zero attached hydrogens (tertiary/aromatic N) is 1. The highest BCUT2D eigenvalue weighted by molar-refractivity contribution is 5.15. The second-order valence-corrected chi connectivity index (χ2v) is 4.06. The van der Waals surface area contributed by atoms with Crippen molar-refractivity contribution in [2.45, 2.75) is 19.8 Å². The number of ether oxygens (including phenoxy) is 1. The van der Waals surface area contributed by atoms with Gasteiger partial charge in [0, 0.05) is 13.1 Å². The molecule has 0 spiro atoms. The second kappa shape index (κ2) is 5.33. The summed E-state index contributed by atoms with van der Waals surface area (Å²) in [5.41, 5.74) is 1.35. The molecule has 1 fully saturated rings. The standard InChI is InChI=1S/C12H19NO2/c1-11-12(4-8-15-11)3-2-5-13-6-9-14-10-7-13/h4,8H,2-3,5-7,9-10H2,1H3. The summed E-state index contributed by atoms with van der Waals surface area (Å²) >= 11 is 0. The maximum Gasteiger partial charge on any atom is 0.103 e. The lowest BCUT2D eigenvalue weighted by Gasteiger charge is -2.26. The van der Waals surface area contributed by atoms with Crippen LogP contribution in [-0.2, 0) is 11.2 Å². The molecule has 3 heteroatoms. The van der Waals surface area contributed by atoms with E-state index in [-0.39, 0.29) is 0 Å². The van der Waals surface area contributed by atoms with Gasteiger partial charge in [0.1, 0.15) is 5.76 Å². The van der Waals surface area contributed by atoms with E-state index in [4.69, 9.17) is 9.15 Å². The van der Waals surface area contributed by atoms with E-state index in [1.54, 1.807) is 6.26 Å². The first-order valence-electron chi connectivity index (χ1n) is 5.69. The Morgan fingerprint density at radius 2 is 2.13 bits per heavy atom. The van der Waals surface area contributed by atoms with Crippen molar-refractivity contribution in [2.75, 3.05) is 32.8 Å². The van der Waals surface area contributed by atoms with Gasteiger partial charge in [0.25, 0.3) is 0 Å². The highest BCUT2D eigenvalue weighted by Gasteiger charge is 2.09. The molecule has 0 bridgehead atoms. The molecule has 0 amide bonds. The van der Waals surface area contributed by atoms with Crippen LogP contribution in [0.2, 0.25) is 0 Å². The number of hydrogen-bond acceptors (Lipinski definition) is 3. The van der Waals surface area contributed by atoms with Crippen molar-refractivity contribution in [3.8, 4) is 0 Å². The molecule has 0 unspecified atom stereocenters. The molecule has 2 heterocycles. The van der Waals surface area contributed by atoms with E-state index in [9.17, 15) is 0 Å². The van der Waals surface area contributed by atoms with Gasteiger partial charge in [-0.1, -0.05) is 0 Å². The van der Waals surface area contributed by atoms with Crippen molar-refractivity contribution in [3.05, 3.63) is 23.7 Å². The first kappa shape index (κ1) is 10.7. The van der Waals surface area contributed by atoms with Crippen LogP contribution in [0.4, 0.5) is 0 Å². The molecular formula is C12H19NO2. The molecule has 0 atom stereocenters. The highest BCUT2D eigenvalue weighted by Crippen LogP contribution is 2.11. The molecule has 1 saturated heterocycles. The summed E-state index contributed by atoms with van der Waals surface area (Å²) in [6, 6.07) is 2.08. The molecular weight excluding hydrogens is 190 g/mol. The van der Waals surface area contributed by atoms with E-state index >= 15 is 0 Å². The van der Waals surface area contributed by atoms with E-state index in [0.717, 1.165) is 38.5 Å². The van der Waals surface area contributed by atoms with Gasteiger partial charge in [0.05, 0.1) is 19.5 Å². The zero-order chi connectivity index (χ0) is 10.5. The smallest absolute Gasteiger partial charge is 0.103 e. The summed E-state index contributed by atoms with van der Waals surface area (Å²) in [6.45, 7) is 7.17. The van der Waals surface area contributed by atoms with Crippen LogP contribution in [0.25, 0.3) is 0 Å². The highest BCUT2D eigenvalue weighted by atomic mass is 16.5. The van der Waals surface area contributed by atoms with Crippen molar-refractivity contribution >= 4 is 0 Å². The van der Waals surface area contributed by atoms with Gasteiger partial charge < -0.3 is 9.15 Å². The minimum Gasteiger partial charge on any atom is -0.469 e. The fourth-order valence-corrected chi connectivity index (χ4v) is 1.99. The first-order valence-corrected chi connectivity index (χ1v) is 5.69. The maximum atomic E-state index is 5.31. The molecule has 1 aliphatic heterocycles. The largest absolute Gasteiger partial charge is 0.469 e. The fraction of sp³-hybridized carbons (Fsp3) is 0.667. The van der Waals surface area contributed by atoms with E-state index in [2.05, 4.69) is 11.0 Å². The van der Waals surface area contributed by atoms with Crippen LogP contribution in [0.15, 0.2) is 16.7 Å². The quantitative estimate of drug-likeness (QED) is 0.757. The van der Waals surface area contributed by atoms with Gasteiger partial charge in [-0.2, -0.15) is 0 Å². The third kappa shape index (κ3) is 3.08. The summed E-state index contributed by atoms with van der Waals surface area (Å²) in [6.07, 6.45) is 4.11. The van der Waals surface area contributed by atoms with E-state index < -0.39 is 0 Å². The maximum absolute atomic E-state index is 5.31. The minimum absolute atomic E-state index is 0.894. The predicted molar refractivity (Wildman–Crippen MR) is 59.0 cm³/mol. The lowest BCUT2D eigenvalue weighted by Crippen LogP contribution is -2.36. The molecule has 0 N–H and O–H groups in total. The normalized spacial score (nSPS) is 18.2. The SMILES string of the molecule is Cc1occc1CCCN1CCOCC1. The summed E-state index contributed by atoms with van der Waals surface area (Å²) < 4.78 is 10.6. The van der Waals surface area contributed by atoms with Crippen LogP contribution in [0.5, 0.6) is 0 Å². The number of hydrogen-bond donors (Lipinski definition) is 0. The monoisotopic (exact) mass is 209 g/mol. The molecule has 0 aromatic carbocycles. The van der Waals surface area contributed by atoms with Crippen LogP contribution in [0.1, 0.15) is 17.7 Å². The Hall–Kier alpha value is -0.800. The first-order chi connectivity index (χ1) is 7.36. The van der Waals surface area contributed by atoms with Crippen LogP contribution >= 0.6 is 0 Å². The molecule has 1 aliphatic rings. The van der Waals surface area contributed by atoms with Crippen LogP contribution in [0, 0.1) is 6.92 Å². The van der Waals surface area contributed by atoms with Gasteiger partial charge in [0.2, 0.25) is 0 Å². The molecule has 2 rings (SSSR count). The predicted octanol–water partition coefficient (Wildman–Crippen LogP) is 1.85. The zero-order valence-electron chi connectivity index (χ0n) is 9.37. The Balaban J connectivity index is 1.68. The second-order valence-electron chi connectivity index (χ2n) is 4.06. The minimum atomic E-state index is 0.894. The van der Waals surface area contributed by atoms with Crippen molar-refractivity contribution in [1.82, 2.24) is 4.90 Å². The Morgan fingerprint density at radius 1 is 1.33 bits per heavy atom. The Bertz CT molecular complexity index is 290. The lowest BCUT2D eigenvalue weighted by atomic mass is 10.1. The topological polar surface area (TPSA) is 25.6 Å². The molecule has 0 radical (unpaired) electrons. The molecule has 3 nitrogen and oxygen atoms in total. The number of rotatable bonds is 4. The summed E-state index contributed by atoms with van der Waals surface area (Å²) in [5, 5.41) is 0.